The number of nitriles is 1. The Labute approximate surface area is 128 Å². The Morgan fingerprint density at radius 2 is 2.36 bits per heavy atom. The van der Waals surface area contributed by atoms with Crippen LogP contribution in [-0.4, -0.2) is 38.4 Å². The molecule has 0 saturated carbocycles. The van der Waals surface area contributed by atoms with Gasteiger partial charge in [-0.2, -0.15) is 5.26 Å². The standard InChI is InChI=1S/C16H18N4O2/c1-11-15(20-8-3-2-6-14(20)18-11)13(9-17)19-7-4-5-12(10-19)16(21)22/h2-3,6,8,12-13H,4-5,7,10H2,1H3,(H,21,22). The Balaban J connectivity index is 1.98. The number of fused-ring (bicyclic) bond motifs is 1. The summed E-state index contributed by atoms with van der Waals surface area (Å²) in [6.45, 7) is 3.04. The van der Waals surface area contributed by atoms with Crippen LogP contribution in [0.15, 0.2) is 24.4 Å². The van der Waals surface area contributed by atoms with Crippen LogP contribution in [0, 0.1) is 24.2 Å². The molecule has 6 nitrogen and oxygen atoms in total. The zero-order valence-corrected chi connectivity index (χ0v) is 12.4. The number of pyridine rings is 1. The Bertz CT molecular complexity index is 746. The number of hydrogen-bond acceptors (Lipinski definition) is 4. The molecule has 3 heterocycles. The predicted octanol–water partition coefficient (Wildman–Crippen LogP) is 2.00. The minimum absolute atomic E-state index is 0.399. The Morgan fingerprint density at radius 3 is 3.09 bits per heavy atom. The zero-order chi connectivity index (χ0) is 15.7. The van der Waals surface area contributed by atoms with E-state index < -0.39 is 17.9 Å². The van der Waals surface area contributed by atoms with Gasteiger partial charge in [0.2, 0.25) is 0 Å². The Kier molecular flexibility index (Phi) is 3.82. The molecule has 2 aromatic rings. The van der Waals surface area contributed by atoms with Crippen molar-refractivity contribution in [3.63, 3.8) is 0 Å². The third kappa shape index (κ3) is 2.44. The highest BCUT2D eigenvalue weighted by molar-refractivity contribution is 5.70. The van der Waals surface area contributed by atoms with Gasteiger partial charge in [-0.1, -0.05) is 6.07 Å². The SMILES string of the molecule is Cc1nc2ccccn2c1C(C#N)N1CCCC(C(=O)O)C1. The first kappa shape index (κ1) is 14.5. The van der Waals surface area contributed by atoms with E-state index in [4.69, 9.17) is 0 Å². The van der Waals surface area contributed by atoms with Gasteiger partial charge < -0.3 is 9.51 Å². The summed E-state index contributed by atoms with van der Waals surface area (Å²) >= 11 is 0. The molecule has 2 aromatic heterocycles. The summed E-state index contributed by atoms with van der Waals surface area (Å²) in [6, 6.07) is 7.59. The van der Waals surface area contributed by atoms with Gasteiger partial charge >= 0.3 is 5.97 Å². The van der Waals surface area contributed by atoms with Gasteiger partial charge in [0.05, 0.1) is 23.4 Å². The number of aliphatic carboxylic acids is 1. The van der Waals surface area contributed by atoms with Crippen molar-refractivity contribution < 1.29 is 9.90 Å². The number of aryl methyl sites for hydroxylation is 1. The van der Waals surface area contributed by atoms with E-state index in [-0.39, 0.29) is 0 Å². The van der Waals surface area contributed by atoms with Gasteiger partial charge in [-0.05, 0) is 38.4 Å². The lowest BCUT2D eigenvalue weighted by molar-refractivity contribution is -0.143. The van der Waals surface area contributed by atoms with Crippen LogP contribution in [-0.2, 0) is 4.79 Å². The lowest BCUT2D eigenvalue weighted by atomic mass is 9.96. The molecule has 2 atom stereocenters. The second-order valence-corrected chi connectivity index (χ2v) is 5.72. The predicted molar refractivity (Wildman–Crippen MR) is 80.2 cm³/mol. The van der Waals surface area contributed by atoms with E-state index in [2.05, 4.69) is 11.1 Å². The molecule has 3 rings (SSSR count). The molecular weight excluding hydrogens is 280 g/mol. The summed E-state index contributed by atoms with van der Waals surface area (Å²) in [5.41, 5.74) is 2.46. The number of imidazole rings is 1. The number of piperidine rings is 1. The molecule has 0 spiro atoms. The maximum absolute atomic E-state index is 11.2. The first-order chi connectivity index (χ1) is 10.6. The lowest BCUT2D eigenvalue weighted by Gasteiger charge is -2.33. The molecule has 2 unspecified atom stereocenters. The van der Waals surface area contributed by atoms with Gasteiger partial charge in [-0.15, -0.1) is 0 Å². The van der Waals surface area contributed by atoms with Crippen LogP contribution >= 0.6 is 0 Å². The van der Waals surface area contributed by atoms with Gasteiger partial charge in [-0.3, -0.25) is 9.69 Å². The second-order valence-electron chi connectivity index (χ2n) is 5.72. The maximum Gasteiger partial charge on any atom is 0.307 e. The van der Waals surface area contributed by atoms with Crippen LogP contribution in [0.25, 0.3) is 5.65 Å². The molecule has 0 aliphatic carbocycles. The molecule has 0 amide bonds. The summed E-state index contributed by atoms with van der Waals surface area (Å²) in [7, 11) is 0. The van der Waals surface area contributed by atoms with Crippen molar-refractivity contribution in [2.45, 2.75) is 25.8 Å². The lowest BCUT2D eigenvalue weighted by Crippen LogP contribution is -2.41. The average Bonchev–Trinajstić information content (AvgIpc) is 2.85. The minimum atomic E-state index is -0.781. The number of hydrogen-bond donors (Lipinski definition) is 1. The molecule has 1 N–H and O–H groups in total. The quantitative estimate of drug-likeness (QED) is 0.937. The molecular formula is C16H18N4O2. The van der Waals surface area contributed by atoms with Crippen molar-refractivity contribution in [1.82, 2.24) is 14.3 Å². The second kappa shape index (κ2) is 5.78. The third-order valence-electron chi connectivity index (χ3n) is 4.30. The highest BCUT2D eigenvalue weighted by Gasteiger charge is 2.32. The molecule has 22 heavy (non-hydrogen) atoms. The summed E-state index contributed by atoms with van der Waals surface area (Å²) in [6.07, 6.45) is 3.37. The van der Waals surface area contributed by atoms with E-state index in [0.717, 1.165) is 30.0 Å². The van der Waals surface area contributed by atoms with Crippen molar-refractivity contribution in [3.8, 4) is 6.07 Å². The molecule has 1 saturated heterocycles. The van der Waals surface area contributed by atoms with E-state index in [1.165, 1.54) is 0 Å². The molecule has 1 aliphatic heterocycles. The summed E-state index contributed by atoms with van der Waals surface area (Å²) in [4.78, 5) is 17.7. The van der Waals surface area contributed by atoms with Crippen LogP contribution < -0.4 is 0 Å². The molecule has 0 bridgehead atoms. The fourth-order valence-electron chi connectivity index (χ4n) is 3.22. The smallest absolute Gasteiger partial charge is 0.307 e. The first-order valence-corrected chi connectivity index (χ1v) is 7.42. The average molecular weight is 298 g/mol. The molecule has 6 heteroatoms. The van der Waals surface area contributed by atoms with E-state index in [1.807, 2.05) is 40.6 Å². The van der Waals surface area contributed by atoms with Crippen LogP contribution in [0.5, 0.6) is 0 Å². The number of likely N-dealkylation sites (tertiary alicyclic amines) is 1. The summed E-state index contributed by atoms with van der Waals surface area (Å²) in [5, 5.41) is 18.9. The van der Waals surface area contributed by atoms with E-state index in [0.29, 0.717) is 13.0 Å². The van der Waals surface area contributed by atoms with Gasteiger partial charge in [0.1, 0.15) is 11.7 Å². The van der Waals surface area contributed by atoms with Crippen molar-refractivity contribution >= 4 is 11.6 Å². The third-order valence-corrected chi connectivity index (χ3v) is 4.30. The van der Waals surface area contributed by atoms with Crippen molar-refractivity contribution in [3.05, 3.63) is 35.8 Å². The van der Waals surface area contributed by atoms with Crippen LogP contribution in [0.4, 0.5) is 0 Å². The maximum atomic E-state index is 11.2. The topological polar surface area (TPSA) is 81.6 Å². The first-order valence-electron chi connectivity index (χ1n) is 7.42. The Morgan fingerprint density at radius 1 is 1.55 bits per heavy atom. The molecule has 114 valence electrons. The zero-order valence-electron chi connectivity index (χ0n) is 12.4. The number of carbonyl (C=O) groups is 1. The van der Waals surface area contributed by atoms with Gasteiger partial charge in [0.25, 0.3) is 0 Å². The normalized spacial score (nSPS) is 20.6. The monoisotopic (exact) mass is 298 g/mol. The molecule has 1 aliphatic rings. The van der Waals surface area contributed by atoms with Crippen LogP contribution in [0.1, 0.15) is 30.3 Å². The van der Waals surface area contributed by atoms with Gasteiger partial charge in [0, 0.05) is 12.7 Å². The number of nitrogens with zero attached hydrogens (tertiary/aromatic N) is 4. The molecule has 0 aromatic carbocycles. The number of rotatable bonds is 3. The molecule has 0 radical (unpaired) electrons. The minimum Gasteiger partial charge on any atom is -0.481 e. The summed E-state index contributed by atoms with van der Waals surface area (Å²) < 4.78 is 1.92. The highest BCUT2D eigenvalue weighted by atomic mass is 16.4. The fraction of sp³-hybridized carbons (Fsp3) is 0.438. The van der Waals surface area contributed by atoms with Crippen molar-refractivity contribution in [1.29, 1.82) is 5.26 Å². The number of carboxylic acids is 1. The van der Waals surface area contributed by atoms with E-state index in [9.17, 15) is 15.2 Å². The van der Waals surface area contributed by atoms with E-state index >= 15 is 0 Å². The fourth-order valence-corrected chi connectivity index (χ4v) is 3.22. The van der Waals surface area contributed by atoms with Crippen molar-refractivity contribution in [2.24, 2.45) is 5.92 Å². The summed E-state index contributed by atoms with van der Waals surface area (Å²) in [5.74, 6) is -1.18. The Hall–Kier alpha value is -2.39. The molecule has 1 fully saturated rings. The van der Waals surface area contributed by atoms with Crippen molar-refractivity contribution in [2.75, 3.05) is 13.1 Å². The number of aromatic nitrogens is 2. The van der Waals surface area contributed by atoms with E-state index in [1.54, 1.807) is 0 Å². The van der Waals surface area contributed by atoms with Gasteiger partial charge in [-0.25, -0.2) is 4.98 Å². The number of carboxylic acid groups (broad SMARTS) is 1. The van der Waals surface area contributed by atoms with Crippen LogP contribution in [0.3, 0.4) is 0 Å². The highest BCUT2D eigenvalue weighted by Crippen LogP contribution is 2.29. The van der Waals surface area contributed by atoms with Crippen LogP contribution in [0.2, 0.25) is 0 Å². The largest absolute Gasteiger partial charge is 0.481 e. The van der Waals surface area contributed by atoms with Gasteiger partial charge in [0.15, 0.2) is 0 Å².